The second kappa shape index (κ2) is 9.08. The Balaban J connectivity index is 1.26. The second-order valence-electron chi connectivity index (χ2n) is 14.0. The largest absolute Gasteiger partial charge is 0.391 e. The number of hydrogen-bond acceptors (Lipinski definition) is 4. The smallest absolute Gasteiger partial charge is 0.116 e. The van der Waals surface area contributed by atoms with E-state index in [4.69, 9.17) is 4.74 Å². The van der Waals surface area contributed by atoms with Gasteiger partial charge in [0.05, 0.1) is 39.0 Å². The van der Waals surface area contributed by atoms with Crippen molar-refractivity contribution in [2.75, 3.05) is 45.9 Å². The third kappa shape index (κ3) is 3.73. The highest BCUT2D eigenvalue weighted by Crippen LogP contribution is 2.67. The zero-order valence-electron chi connectivity index (χ0n) is 22.4. The zero-order chi connectivity index (χ0) is 24.4. The van der Waals surface area contributed by atoms with Crippen LogP contribution in [0.1, 0.15) is 71.6 Å². The van der Waals surface area contributed by atoms with Gasteiger partial charge < -0.3 is 19.4 Å². The number of aliphatic hydroxyl groups excluding tert-OH is 2. The Morgan fingerprint density at radius 1 is 1.00 bits per heavy atom. The van der Waals surface area contributed by atoms with Crippen molar-refractivity contribution < 1.29 is 19.4 Å². The van der Waals surface area contributed by atoms with Gasteiger partial charge in [-0.2, -0.15) is 0 Å². The molecule has 2 saturated heterocycles. The molecule has 0 aromatic carbocycles. The number of hydrogen-bond donors (Lipinski definition) is 2. The summed E-state index contributed by atoms with van der Waals surface area (Å²) in [6.07, 6.45) is 12.7. The Morgan fingerprint density at radius 2 is 1.74 bits per heavy atom. The highest BCUT2D eigenvalue weighted by molar-refractivity contribution is 5.13. The predicted octanol–water partition coefficient (Wildman–Crippen LogP) is 3.84. The van der Waals surface area contributed by atoms with Crippen LogP contribution in [0.15, 0.2) is 12.7 Å². The fraction of sp³-hybridized carbons (Fsp3) is 0.933. The predicted molar refractivity (Wildman–Crippen MR) is 139 cm³/mol. The molecular weight excluding hydrogens is 436 g/mol. The molecule has 6 fully saturated rings. The summed E-state index contributed by atoms with van der Waals surface area (Å²) < 4.78 is 6.73. The molecule has 4 aliphatic carbocycles. The molecule has 0 aromatic heterocycles. The summed E-state index contributed by atoms with van der Waals surface area (Å²) in [4.78, 5) is 2.54. The van der Waals surface area contributed by atoms with E-state index in [0.717, 1.165) is 62.0 Å². The summed E-state index contributed by atoms with van der Waals surface area (Å²) in [5, 5.41) is 23.1. The van der Waals surface area contributed by atoms with Crippen molar-refractivity contribution in [3.8, 4) is 0 Å². The van der Waals surface area contributed by atoms with E-state index in [1.165, 1.54) is 58.0 Å². The number of nitrogens with zero attached hydrogens (tertiary/aromatic N) is 2. The highest BCUT2D eigenvalue weighted by atomic mass is 16.5. The Bertz CT molecular complexity index is 792. The molecule has 35 heavy (non-hydrogen) atoms. The Morgan fingerprint density at radius 3 is 2.46 bits per heavy atom. The fourth-order valence-corrected chi connectivity index (χ4v) is 10.9. The van der Waals surface area contributed by atoms with Gasteiger partial charge in [-0.3, -0.25) is 4.90 Å². The van der Waals surface area contributed by atoms with E-state index in [0.29, 0.717) is 29.3 Å². The number of aliphatic hydroxyl groups is 2. The van der Waals surface area contributed by atoms with Crippen molar-refractivity contribution in [3.05, 3.63) is 12.7 Å². The van der Waals surface area contributed by atoms with Crippen LogP contribution >= 0.6 is 0 Å². The first-order valence-electron chi connectivity index (χ1n) is 15.0. The average Bonchev–Trinajstić information content (AvgIpc) is 3.43. The molecule has 6 aliphatic rings. The number of rotatable bonds is 4. The molecule has 0 unspecified atom stereocenters. The summed E-state index contributed by atoms with van der Waals surface area (Å²) >= 11 is 0. The van der Waals surface area contributed by atoms with E-state index in [2.05, 4.69) is 31.4 Å². The van der Waals surface area contributed by atoms with Gasteiger partial charge in [0.15, 0.2) is 0 Å². The molecule has 2 N–H and O–H groups in total. The van der Waals surface area contributed by atoms with Crippen LogP contribution < -0.4 is 0 Å². The van der Waals surface area contributed by atoms with Gasteiger partial charge in [0.25, 0.3) is 0 Å². The lowest BCUT2D eigenvalue weighted by Gasteiger charge is -2.62. The van der Waals surface area contributed by atoms with Crippen LogP contribution in [-0.4, -0.2) is 89.8 Å². The number of ether oxygens (including phenoxy) is 1. The van der Waals surface area contributed by atoms with E-state index in [1.807, 2.05) is 0 Å². The molecule has 5 heteroatoms. The third-order valence-electron chi connectivity index (χ3n) is 12.8. The first-order valence-corrected chi connectivity index (χ1v) is 15.0. The van der Waals surface area contributed by atoms with E-state index in [-0.39, 0.29) is 17.6 Å². The molecule has 0 spiro atoms. The van der Waals surface area contributed by atoms with Crippen molar-refractivity contribution in [2.45, 2.75) is 95.9 Å². The van der Waals surface area contributed by atoms with Crippen molar-refractivity contribution >= 4 is 0 Å². The maximum absolute atomic E-state index is 11.9. The summed E-state index contributed by atoms with van der Waals surface area (Å²) in [5.41, 5.74) is 0.387. The monoisotopic (exact) mass is 487 g/mol. The van der Waals surface area contributed by atoms with Crippen molar-refractivity contribution in [2.24, 2.45) is 34.5 Å². The van der Waals surface area contributed by atoms with Crippen molar-refractivity contribution in [3.63, 3.8) is 0 Å². The van der Waals surface area contributed by atoms with Crippen LogP contribution in [0, 0.1) is 34.5 Å². The fourth-order valence-electron chi connectivity index (χ4n) is 10.9. The zero-order valence-corrected chi connectivity index (χ0v) is 22.4. The molecule has 4 saturated carbocycles. The Kier molecular flexibility index (Phi) is 6.45. The van der Waals surface area contributed by atoms with Gasteiger partial charge in [0.1, 0.15) is 12.1 Å². The lowest BCUT2D eigenvalue weighted by Crippen LogP contribution is -2.61. The second-order valence-corrected chi connectivity index (χ2v) is 14.0. The van der Waals surface area contributed by atoms with E-state index in [1.54, 1.807) is 0 Å². The van der Waals surface area contributed by atoms with Crippen LogP contribution in [-0.2, 0) is 4.74 Å². The summed E-state index contributed by atoms with van der Waals surface area (Å²) in [6.45, 7) is 16.2. The molecule has 2 heterocycles. The molecule has 2 aliphatic heterocycles. The number of morpholine rings is 1. The highest BCUT2D eigenvalue weighted by Gasteiger charge is 2.66. The molecule has 10 atom stereocenters. The van der Waals surface area contributed by atoms with Gasteiger partial charge >= 0.3 is 0 Å². The average molecular weight is 488 g/mol. The lowest BCUT2D eigenvalue weighted by molar-refractivity contribution is -0.938. The van der Waals surface area contributed by atoms with Gasteiger partial charge in [0.2, 0.25) is 0 Å². The summed E-state index contributed by atoms with van der Waals surface area (Å²) in [7, 11) is 0. The van der Waals surface area contributed by atoms with E-state index >= 15 is 0 Å². The third-order valence-corrected chi connectivity index (χ3v) is 12.8. The van der Waals surface area contributed by atoms with Crippen LogP contribution in [0.4, 0.5) is 0 Å². The minimum Gasteiger partial charge on any atom is -0.391 e. The number of quaternary nitrogens is 1. The maximum atomic E-state index is 11.9. The molecule has 0 radical (unpaired) electrons. The van der Waals surface area contributed by atoms with Gasteiger partial charge in [-0.05, 0) is 73.7 Å². The van der Waals surface area contributed by atoms with Crippen LogP contribution in [0.2, 0.25) is 0 Å². The molecule has 0 bridgehead atoms. The number of fused-ring (bicyclic) bond motifs is 5. The van der Waals surface area contributed by atoms with Crippen molar-refractivity contribution in [1.29, 1.82) is 0 Å². The Hall–Kier alpha value is -0.460. The summed E-state index contributed by atoms with van der Waals surface area (Å²) in [5.74, 6) is 2.78. The quantitative estimate of drug-likeness (QED) is 0.467. The topological polar surface area (TPSA) is 52.9 Å². The first kappa shape index (κ1) is 24.9. The minimum absolute atomic E-state index is 0.0713. The molecule has 198 valence electrons. The Labute approximate surface area is 213 Å². The molecular formula is C30H51N2O3+. The van der Waals surface area contributed by atoms with Gasteiger partial charge in [-0.1, -0.05) is 20.4 Å². The first-order chi connectivity index (χ1) is 16.8. The lowest BCUT2D eigenvalue weighted by atomic mass is 9.44. The summed E-state index contributed by atoms with van der Waals surface area (Å²) in [6, 6.07) is 0.684. The normalized spacial score (nSPS) is 51.9. The number of likely N-dealkylation sites (tertiary alicyclic amines) is 1. The van der Waals surface area contributed by atoms with Crippen molar-refractivity contribution in [1.82, 2.24) is 4.90 Å². The molecule has 0 amide bonds. The van der Waals surface area contributed by atoms with Crippen LogP contribution in [0.25, 0.3) is 0 Å². The van der Waals surface area contributed by atoms with E-state index < -0.39 is 0 Å². The van der Waals surface area contributed by atoms with Crippen LogP contribution in [0.3, 0.4) is 0 Å². The molecule has 5 nitrogen and oxygen atoms in total. The molecule has 6 rings (SSSR count). The van der Waals surface area contributed by atoms with Gasteiger partial charge in [-0.15, -0.1) is 0 Å². The standard InChI is InChI=1S/C30H51N2O3/c1-4-13-32(14-5-6-15-32)26-19-24-22-8-7-21-18-27(33)25(31-11-16-35-17-12-31)20-30(21,3)23(22)9-10-29(24,2)28(26)34/h4,21-28,33-34H,1,5-20H2,2-3H3/q+1/t21-,22+,23-,24-,25-,26-,27-,28-,29-,30-/m1/s1. The van der Waals surface area contributed by atoms with Gasteiger partial charge in [-0.25, -0.2) is 0 Å². The van der Waals surface area contributed by atoms with E-state index in [9.17, 15) is 10.2 Å². The maximum Gasteiger partial charge on any atom is 0.116 e. The van der Waals surface area contributed by atoms with Crippen LogP contribution in [0.5, 0.6) is 0 Å². The minimum atomic E-state index is -0.187. The van der Waals surface area contributed by atoms with Gasteiger partial charge in [0, 0.05) is 43.8 Å². The molecule has 0 aromatic rings. The SMILES string of the molecule is C=CC[N+]1([C@@H]2C[C@@H]3[C@H]4CC[C@@H]5C[C@@H](O)[C@H](N6CCOCC6)C[C@@]5(C)[C@@H]4CC[C@@]3(C)[C@@H]2O)CCCC1.